The molecule has 0 aliphatic rings. The van der Waals surface area contributed by atoms with Crippen LogP contribution in [0.2, 0.25) is 5.02 Å². The lowest BCUT2D eigenvalue weighted by molar-refractivity contribution is 0.320. The smallest absolute Gasteiger partial charge is 0.242 e. The van der Waals surface area contributed by atoms with Gasteiger partial charge in [-0.3, -0.25) is 0 Å². The predicted molar refractivity (Wildman–Crippen MR) is 89.0 cm³/mol. The van der Waals surface area contributed by atoms with Crippen LogP contribution in [-0.2, 0) is 10.0 Å². The highest BCUT2D eigenvalue weighted by atomic mass is 35.5. The quantitative estimate of drug-likeness (QED) is 0.561. The lowest BCUT2D eigenvalue weighted by Crippen LogP contribution is -2.34. The van der Waals surface area contributed by atoms with Crippen LogP contribution in [0.4, 0.5) is 5.69 Å². The molecule has 4 nitrogen and oxygen atoms in total. The first-order valence-corrected chi connectivity index (χ1v) is 9.09. The molecule has 0 aliphatic heterocycles. The fraction of sp³-hybridized carbons (Fsp3) is 0.600. The Bertz CT molecular complexity index is 571. The summed E-state index contributed by atoms with van der Waals surface area (Å²) in [7, 11) is -3.61. The molecular formula is C15H25ClN2O2S. The standard InChI is InChI=1S/C15H25ClN2O2S/c1-4-5-6-9-15(2,3)11-18-21(19,20)14-8-7-12(16)10-13(14)17/h7-8,10,18H,4-6,9,11,17H2,1-3H3. The van der Waals surface area contributed by atoms with Gasteiger partial charge in [-0.05, 0) is 30.0 Å². The van der Waals surface area contributed by atoms with Crippen LogP contribution < -0.4 is 10.5 Å². The van der Waals surface area contributed by atoms with Crippen LogP contribution in [0.15, 0.2) is 23.1 Å². The maximum Gasteiger partial charge on any atom is 0.242 e. The largest absolute Gasteiger partial charge is 0.398 e. The highest BCUT2D eigenvalue weighted by Gasteiger charge is 2.23. The fourth-order valence-corrected chi connectivity index (χ4v) is 3.61. The van der Waals surface area contributed by atoms with Gasteiger partial charge in [0, 0.05) is 11.6 Å². The lowest BCUT2D eigenvalue weighted by atomic mass is 9.87. The minimum atomic E-state index is -3.61. The summed E-state index contributed by atoms with van der Waals surface area (Å²) in [5.74, 6) is 0. The van der Waals surface area contributed by atoms with Gasteiger partial charge in [0.1, 0.15) is 4.90 Å². The molecule has 1 aromatic carbocycles. The summed E-state index contributed by atoms with van der Waals surface area (Å²) in [6.45, 7) is 6.67. The maximum absolute atomic E-state index is 12.3. The third-order valence-corrected chi connectivity index (χ3v) is 5.17. The first-order chi connectivity index (χ1) is 9.68. The summed E-state index contributed by atoms with van der Waals surface area (Å²) in [5.41, 5.74) is 5.83. The van der Waals surface area contributed by atoms with Crippen molar-refractivity contribution in [2.75, 3.05) is 12.3 Å². The number of rotatable bonds is 8. The van der Waals surface area contributed by atoms with Gasteiger partial charge in [0.05, 0.1) is 5.69 Å². The summed E-state index contributed by atoms with van der Waals surface area (Å²) in [4.78, 5) is 0.0799. The van der Waals surface area contributed by atoms with E-state index in [-0.39, 0.29) is 16.0 Å². The summed E-state index contributed by atoms with van der Waals surface area (Å²) in [6, 6.07) is 4.41. The van der Waals surface area contributed by atoms with Crippen molar-refractivity contribution >= 4 is 27.3 Å². The average Bonchev–Trinajstić information content (AvgIpc) is 2.36. The number of unbranched alkanes of at least 4 members (excludes halogenated alkanes) is 2. The summed E-state index contributed by atoms with van der Waals surface area (Å²) >= 11 is 5.79. The van der Waals surface area contributed by atoms with E-state index in [1.165, 1.54) is 24.6 Å². The van der Waals surface area contributed by atoms with Gasteiger partial charge in [0.2, 0.25) is 10.0 Å². The summed E-state index contributed by atoms with van der Waals surface area (Å²) < 4.78 is 27.3. The molecule has 0 heterocycles. The zero-order valence-corrected chi connectivity index (χ0v) is 14.5. The van der Waals surface area contributed by atoms with Crippen molar-refractivity contribution in [3.63, 3.8) is 0 Å². The minimum Gasteiger partial charge on any atom is -0.398 e. The SMILES string of the molecule is CCCCCC(C)(C)CNS(=O)(=O)c1ccc(Cl)cc1N. The molecule has 0 unspecified atom stereocenters. The molecule has 3 N–H and O–H groups in total. The van der Waals surface area contributed by atoms with Crippen LogP contribution in [0.5, 0.6) is 0 Å². The Labute approximate surface area is 133 Å². The first-order valence-electron chi connectivity index (χ1n) is 7.23. The van der Waals surface area contributed by atoms with Crippen molar-refractivity contribution in [3.05, 3.63) is 23.2 Å². The Morgan fingerprint density at radius 3 is 2.52 bits per heavy atom. The van der Waals surface area contributed by atoms with Gasteiger partial charge in [-0.2, -0.15) is 0 Å². The second kappa shape index (κ2) is 7.47. The van der Waals surface area contributed by atoms with E-state index in [2.05, 4.69) is 25.5 Å². The molecule has 0 aromatic heterocycles. The van der Waals surface area contributed by atoms with Gasteiger partial charge >= 0.3 is 0 Å². The number of halogens is 1. The molecule has 0 spiro atoms. The van der Waals surface area contributed by atoms with E-state index in [4.69, 9.17) is 17.3 Å². The Hall–Kier alpha value is -0.780. The van der Waals surface area contributed by atoms with Crippen LogP contribution >= 0.6 is 11.6 Å². The van der Waals surface area contributed by atoms with Crippen molar-refractivity contribution in [2.45, 2.75) is 51.3 Å². The highest BCUT2D eigenvalue weighted by molar-refractivity contribution is 7.89. The zero-order valence-electron chi connectivity index (χ0n) is 12.9. The normalized spacial score (nSPS) is 12.6. The number of anilines is 1. The van der Waals surface area contributed by atoms with E-state index < -0.39 is 10.0 Å². The monoisotopic (exact) mass is 332 g/mol. The van der Waals surface area contributed by atoms with Gasteiger partial charge in [-0.25, -0.2) is 13.1 Å². The van der Waals surface area contributed by atoms with Crippen molar-refractivity contribution in [2.24, 2.45) is 5.41 Å². The Kier molecular flexibility index (Phi) is 6.50. The summed E-state index contributed by atoms with van der Waals surface area (Å²) in [6.07, 6.45) is 4.41. The molecule has 1 aromatic rings. The minimum absolute atomic E-state index is 0.0799. The molecule has 6 heteroatoms. The topological polar surface area (TPSA) is 72.2 Å². The fourth-order valence-electron chi connectivity index (χ4n) is 2.07. The number of nitrogens with two attached hydrogens (primary N) is 1. The predicted octanol–water partition coefficient (Wildman–Crippen LogP) is 3.81. The van der Waals surface area contributed by atoms with Crippen molar-refractivity contribution in [3.8, 4) is 0 Å². The van der Waals surface area contributed by atoms with Crippen molar-refractivity contribution in [1.29, 1.82) is 0 Å². The van der Waals surface area contributed by atoms with E-state index in [0.29, 0.717) is 11.6 Å². The maximum atomic E-state index is 12.3. The van der Waals surface area contributed by atoms with Gasteiger partial charge in [0.15, 0.2) is 0 Å². The van der Waals surface area contributed by atoms with Gasteiger partial charge in [-0.15, -0.1) is 0 Å². The second-order valence-corrected chi connectivity index (χ2v) is 8.30. The van der Waals surface area contributed by atoms with E-state index in [1.807, 2.05) is 0 Å². The van der Waals surface area contributed by atoms with E-state index >= 15 is 0 Å². The first kappa shape index (κ1) is 18.3. The van der Waals surface area contributed by atoms with E-state index in [9.17, 15) is 8.42 Å². The number of nitrogen functional groups attached to an aromatic ring is 1. The number of hydrogen-bond acceptors (Lipinski definition) is 3. The molecule has 0 atom stereocenters. The molecule has 0 fully saturated rings. The molecule has 0 saturated heterocycles. The van der Waals surface area contributed by atoms with Gasteiger partial charge in [-0.1, -0.05) is 51.6 Å². The Morgan fingerprint density at radius 1 is 1.29 bits per heavy atom. The second-order valence-electron chi connectivity index (χ2n) is 6.13. The van der Waals surface area contributed by atoms with Crippen molar-refractivity contribution in [1.82, 2.24) is 4.72 Å². The number of benzene rings is 1. The van der Waals surface area contributed by atoms with Gasteiger partial charge < -0.3 is 5.73 Å². The van der Waals surface area contributed by atoms with Crippen LogP contribution in [0.3, 0.4) is 0 Å². The molecule has 0 saturated carbocycles. The zero-order chi connectivity index (χ0) is 16.1. The molecular weight excluding hydrogens is 308 g/mol. The summed E-state index contributed by atoms with van der Waals surface area (Å²) in [5, 5.41) is 0.423. The Morgan fingerprint density at radius 2 is 1.95 bits per heavy atom. The number of nitrogens with one attached hydrogen (secondary N) is 1. The molecule has 0 aliphatic carbocycles. The number of sulfonamides is 1. The Balaban J connectivity index is 2.72. The molecule has 120 valence electrons. The average molecular weight is 333 g/mol. The lowest BCUT2D eigenvalue weighted by Gasteiger charge is -2.25. The highest BCUT2D eigenvalue weighted by Crippen LogP contribution is 2.25. The molecule has 0 radical (unpaired) electrons. The van der Waals surface area contributed by atoms with Gasteiger partial charge in [0.25, 0.3) is 0 Å². The van der Waals surface area contributed by atoms with E-state index in [1.54, 1.807) is 0 Å². The third-order valence-electron chi connectivity index (χ3n) is 3.46. The van der Waals surface area contributed by atoms with Crippen molar-refractivity contribution < 1.29 is 8.42 Å². The van der Waals surface area contributed by atoms with Crippen LogP contribution in [0.25, 0.3) is 0 Å². The van der Waals surface area contributed by atoms with Crippen LogP contribution in [0, 0.1) is 5.41 Å². The van der Waals surface area contributed by atoms with Crippen LogP contribution in [-0.4, -0.2) is 15.0 Å². The molecule has 0 bridgehead atoms. The van der Waals surface area contributed by atoms with Crippen LogP contribution in [0.1, 0.15) is 46.5 Å². The molecule has 0 amide bonds. The number of hydrogen-bond donors (Lipinski definition) is 2. The molecule has 21 heavy (non-hydrogen) atoms. The molecule has 1 rings (SSSR count). The van der Waals surface area contributed by atoms with E-state index in [0.717, 1.165) is 19.3 Å². The third kappa shape index (κ3) is 5.85.